The third-order valence-electron chi connectivity index (χ3n) is 2.72. The molecule has 0 spiro atoms. The number of ether oxygens (including phenoxy) is 1. The van der Waals surface area contributed by atoms with Crippen molar-refractivity contribution in [2.75, 3.05) is 20.2 Å². The summed E-state index contributed by atoms with van der Waals surface area (Å²) < 4.78 is 6.73. The van der Waals surface area contributed by atoms with Crippen LogP contribution in [0.1, 0.15) is 18.2 Å². The highest BCUT2D eigenvalue weighted by Gasteiger charge is 2.29. The van der Waals surface area contributed by atoms with Crippen LogP contribution in [0.2, 0.25) is 0 Å². The molecule has 1 fully saturated rings. The number of halogens is 1. The molecule has 0 saturated carbocycles. The maximum Gasteiger partial charge on any atom is 0.103 e. The number of hydrogen-bond acceptors (Lipinski definition) is 3. The first-order valence-electron chi connectivity index (χ1n) is 5.19. The number of hydrogen-bond donors (Lipinski definition) is 1. The Bertz CT molecular complexity index is 315. The Hall–Kier alpha value is -0.450. The second-order valence-corrected chi connectivity index (χ2v) is 4.71. The topological polar surface area (TPSA) is 34.1 Å². The zero-order chi connectivity index (χ0) is 10.7. The van der Waals surface area contributed by atoms with Crippen molar-refractivity contribution >= 4 is 15.9 Å². The summed E-state index contributed by atoms with van der Waals surface area (Å²) in [5, 5.41) is 3.20. The first-order chi connectivity index (χ1) is 7.31. The normalized spacial score (nSPS) is 25.7. The van der Waals surface area contributed by atoms with E-state index in [1.807, 2.05) is 25.4 Å². The van der Waals surface area contributed by atoms with Crippen molar-refractivity contribution in [2.45, 2.75) is 12.5 Å². The Labute approximate surface area is 98.4 Å². The van der Waals surface area contributed by atoms with Crippen molar-refractivity contribution < 1.29 is 4.74 Å². The summed E-state index contributed by atoms with van der Waals surface area (Å²) in [6.45, 7) is 1.83. The highest BCUT2D eigenvalue weighted by Crippen LogP contribution is 2.33. The fourth-order valence-electron chi connectivity index (χ4n) is 1.99. The third kappa shape index (κ3) is 2.56. The largest absolute Gasteiger partial charge is 0.372 e. The molecule has 0 amide bonds. The quantitative estimate of drug-likeness (QED) is 0.914. The van der Waals surface area contributed by atoms with E-state index in [1.165, 1.54) is 0 Å². The summed E-state index contributed by atoms with van der Waals surface area (Å²) >= 11 is 3.38. The summed E-state index contributed by atoms with van der Waals surface area (Å²) in [7, 11) is 1.98. The minimum atomic E-state index is 0.158. The van der Waals surface area contributed by atoms with E-state index in [0.29, 0.717) is 5.92 Å². The van der Waals surface area contributed by atoms with Crippen LogP contribution in [-0.2, 0) is 4.74 Å². The Morgan fingerprint density at radius 2 is 2.47 bits per heavy atom. The molecule has 82 valence electrons. The molecule has 2 heterocycles. The molecule has 1 aromatic rings. The Morgan fingerprint density at radius 1 is 1.60 bits per heavy atom. The molecule has 0 aliphatic carbocycles. The number of nitrogens with one attached hydrogen (secondary N) is 1. The average molecular weight is 271 g/mol. The highest BCUT2D eigenvalue weighted by molar-refractivity contribution is 9.10. The summed E-state index contributed by atoms with van der Waals surface area (Å²) in [5.41, 5.74) is 1.04. The molecule has 1 saturated heterocycles. The first kappa shape index (κ1) is 11.0. The van der Waals surface area contributed by atoms with Gasteiger partial charge in [-0.3, -0.25) is 4.98 Å². The Kier molecular flexibility index (Phi) is 3.72. The van der Waals surface area contributed by atoms with Gasteiger partial charge in [-0.15, -0.1) is 0 Å². The van der Waals surface area contributed by atoms with Crippen LogP contribution in [0.25, 0.3) is 0 Å². The van der Waals surface area contributed by atoms with Crippen LogP contribution in [0, 0.1) is 5.92 Å². The first-order valence-corrected chi connectivity index (χ1v) is 5.98. The van der Waals surface area contributed by atoms with Crippen molar-refractivity contribution in [3.05, 3.63) is 28.5 Å². The van der Waals surface area contributed by atoms with Gasteiger partial charge in [-0.2, -0.15) is 0 Å². The highest BCUT2D eigenvalue weighted by atomic mass is 79.9. The monoisotopic (exact) mass is 270 g/mol. The number of nitrogens with zero attached hydrogens (tertiary/aromatic N) is 1. The Balaban J connectivity index is 2.11. The summed E-state index contributed by atoms with van der Waals surface area (Å²) in [6.07, 6.45) is 3.10. The fraction of sp³-hybridized carbons (Fsp3) is 0.545. The molecule has 1 aliphatic rings. The van der Waals surface area contributed by atoms with E-state index < -0.39 is 0 Å². The van der Waals surface area contributed by atoms with Gasteiger partial charge in [0.1, 0.15) is 6.10 Å². The molecular formula is C11H15BrN2O. The molecule has 4 heteroatoms. The predicted octanol–water partition coefficient (Wildman–Crippen LogP) is 2.14. The third-order valence-corrected chi connectivity index (χ3v) is 3.19. The number of pyridine rings is 1. The molecule has 0 bridgehead atoms. The van der Waals surface area contributed by atoms with Gasteiger partial charge in [-0.25, -0.2) is 0 Å². The molecular weight excluding hydrogens is 256 g/mol. The van der Waals surface area contributed by atoms with Gasteiger partial charge in [-0.05, 0) is 41.5 Å². The molecule has 3 nitrogen and oxygen atoms in total. The maximum atomic E-state index is 5.73. The van der Waals surface area contributed by atoms with E-state index in [-0.39, 0.29) is 6.10 Å². The Morgan fingerprint density at radius 3 is 3.13 bits per heavy atom. The van der Waals surface area contributed by atoms with Gasteiger partial charge in [0, 0.05) is 29.7 Å². The van der Waals surface area contributed by atoms with Crippen LogP contribution in [0.5, 0.6) is 0 Å². The standard InChI is InChI=1S/C11H15BrN2O/c1-13-6-8-4-5-15-11(8)10-3-2-9(12)7-14-10/h2-3,7-8,11,13H,4-6H2,1H3. The van der Waals surface area contributed by atoms with Crippen LogP contribution in [0.3, 0.4) is 0 Å². The molecule has 0 radical (unpaired) electrons. The van der Waals surface area contributed by atoms with Crippen LogP contribution < -0.4 is 5.32 Å². The minimum Gasteiger partial charge on any atom is -0.372 e. The van der Waals surface area contributed by atoms with Crippen molar-refractivity contribution in [2.24, 2.45) is 5.92 Å². The predicted molar refractivity (Wildman–Crippen MR) is 62.7 cm³/mol. The lowest BCUT2D eigenvalue weighted by molar-refractivity contribution is 0.0875. The van der Waals surface area contributed by atoms with Crippen molar-refractivity contribution in [1.82, 2.24) is 10.3 Å². The van der Waals surface area contributed by atoms with Gasteiger partial charge in [0.05, 0.1) is 5.69 Å². The molecule has 2 rings (SSSR count). The van der Waals surface area contributed by atoms with Crippen molar-refractivity contribution in [1.29, 1.82) is 0 Å². The second-order valence-electron chi connectivity index (χ2n) is 3.80. The molecule has 15 heavy (non-hydrogen) atoms. The van der Waals surface area contributed by atoms with E-state index in [2.05, 4.69) is 26.2 Å². The van der Waals surface area contributed by atoms with E-state index in [4.69, 9.17) is 4.74 Å². The van der Waals surface area contributed by atoms with Gasteiger partial charge in [-0.1, -0.05) is 0 Å². The summed E-state index contributed by atoms with van der Waals surface area (Å²) in [5.74, 6) is 0.545. The second kappa shape index (κ2) is 5.05. The lowest BCUT2D eigenvalue weighted by Gasteiger charge is -2.17. The smallest absolute Gasteiger partial charge is 0.103 e. The van der Waals surface area contributed by atoms with Gasteiger partial charge >= 0.3 is 0 Å². The minimum absolute atomic E-state index is 0.158. The maximum absolute atomic E-state index is 5.73. The fourth-order valence-corrected chi connectivity index (χ4v) is 2.22. The van der Waals surface area contributed by atoms with E-state index in [9.17, 15) is 0 Å². The molecule has 1 aromatic heterocycles. The van der Waals surface area contributed by atoms with E-state index in [1.54, 1.807) is 0 Å². The van der Waals surface area contributed by atoms with Gasteiger partial charge in [0.2, 0.25) is 0 Å². The van der Waals surface area contributed by atoms with Gasteiger partial charge in [0.15, 0.2) is 0 Å². The lowest BCUT2D eigenvalue weighted by atomic mass is 9.99. The molecule has 1 aliphatic heterocycles. The zero-order valence-corrected chi connectivity index (χ0v) is 10.3. The van der Waals surface area contributed by atoms with Crippen LogP contribution in [-0.4, -0.2) is 25.2 Å². The molecule has 0 aromatic carbocycles. The molecule has 2 atom stereocenters. The molecule has 1 N–H and O–H groups in total. The van der Waals surface area contributed by atoms with Crippen molar-refractivity contribution in [3.8, 4) is 0 Å². The summed E-state index contributed by atoms with van der Waals surface area (Å²) in [4.78, 5) is 4.39. The average Bonchev–Trinajstić information content (AvgIpc) is 2.68. The lowest BCUT2D eigenvalue weighted by Crippen LogP contribution is -2.21. The van der Waals surface area contributed by atoms with E-state index >= 15 is 0 Å². The zero-order valence-electron chi connectivity index (χ0n) is 8.74. The van der Waals surface area contributed by atoms with Crippen LogP contribution >= 0.6 is 15.9 Å². The van der Waals surface area contributed by atoms with E-state index in [0.717, 1.165) is 29.7 Å². The van der Waals surface area contributed by atoms with Crippen LogP contribution in [0.15, 0.2) is 22.8 Å². The van der Waals surface area contributed by atoms with Crippen molar-refractivity contribution in [3.63, 3.8) is 0 Å². The van der Waals surface area contributed by atoms with Gasteiger partial charge in [0.25, 0.3) is 0 Å². The SMILES string of the molecule is CNCC1CCOC1c1ccc(Br)cn1. The number of rotatable bonds is 3. The summed E-state index contributed by atoms with van der Waals surface area (Å²) in [6, 6.07) is 4.04. The number of aromatic nitrogens is 1. The van der Waals surface area contributed by atoms with Gasteiger partial charge < -0.3 is 10.1 Å². The molecule has 2 unspecified atom stereocenters. The van der Waals surface area contributed by atoms with Crippen LogP contribution in [0.4, 0.5) is 0 Å².